The summed E-state index contributed by atoms with van der Waals surface area (Å²) < 4.78 is 10.7. The molecule has 2 rings (SSSR count). The molecule has 1 aliphatic heterocycles. The van der Waals surface area contributed by atoms with Gasteiger partial charge in [-0.25, -0.2) is 0 Å². The molecule has 100 valence electrons. The van der Waals surface area contributed by atoms with Gasteiger partial charge in [-0.2, -0.15) is 0 Å². The molecule has 1 atom stereocenters. The van der Waals surface area contributed by atoms with Crippen LogP contribution >= 0.6 is 0 Å². The lowest BCUT2D eigenvalue weighted by Gasteiger charge is -2.23. The van der Waals surface area contributed by atoms with Gasteiger partial charge < -0.3 is 9.47 Å². The molecule has 1 aromatic carbocycles. The highest BCUT2D eigenvalue weighted by Gasteiger charge is 2.26. The number of nitro benzene ring substituents is 1. The topological polar surface area (TPSA) is 78.7 Å². The van der Waals surface area contributed by atoms with E-state index in [9.17, 15) is 14.9 Å². The fraction of sp³-hybridized carbons (Fsp3) is 0.308. The number of hydrogen-bond acceptors (Lipinski definition) is 5. The Balaban J connectivity index is 2.36. The largest absolute Gasteiger partial charge is 0.463 e. The van der Waals surface area contributed by atoms with Crippen LogP contribution in [0, 0.1) is 10.1 Å². The normalized spacial score (nSPS) is 18.7. The van der Waals surface area contributed by atoms with Crippen molar-refractivity contribution in [3.8, 4) is 0 Å². The smallest absolute Gasteiger partial charge is 0.280 e. The number of nitrogens with zero attached hydrogens (tertiary/aromatic N) is 1. The third kappa shape index (κ3) is 2.97. The summed E-state index contributed by atoms with van der Waals surface area (Å²) in [6.45, 7) is 2.19. The van der Waals surface area contributed by atoms with Crippen LogP contribution in [0.25, 0.3) is 5.76 Å². The van der Waals surface area contributed by atoms with E-state index in [1.165, 1.54) is 12.1 Å². The first-order valence-electron chi connectivity index (χ1n) is 5.88. The summed E-state index contributed by atoms with van der Waals surface area (Å²) in [5.74, 6) is 0.0138. The molecule has 0 fully saturated rings. The molecule has 0 saturated carbocycles. The summed E-state index contributed by atoms with van der Waals surface area (Å²) in [7, 11) is 0. The Bertz CT molecular complexity index is 538. The van der Waals surface area contributed by atoms with Gasteiger partial charge in [0.05, 0.1) is 16.9 Å². The number of ether oxygens (including phenoxy) is 2. The molecule has 0 aliphatic carbocycles. The van der Waals surface area contributed by atoms with Gasteiger partial charge in [0.15, 0.2) is 5.78 Å². The van der Waals surface area contributed by atoms with E-state index < -0.39 is 11.2 Å². The zero-order valence-electron chi connectivity index (χ0n) is 10.4. The Morgan fingerprint density at radius 1 is 1.47 bits per heavy atom. The maximum absolute atomic E-state index is 11.6. The summed E-state index contributed by atoms with van der Waals surface area (Å²) in [6.07, 6.45) is 0.716. The molecule has 1 unspecified atom stereocenters. The van der Waals surface area contributed by atoms with Crippen LogP contribution < -0.4 is 0 Å². The van der Waals surface area contributed by atoms with Gasteiger partial charge in [0.1, 0.15) is 5.76 Å². The minimum Gasteiger partial charge on any atom is -0.463 e. The molecule has 1 heterocycles. The summed E-state index contributed by atoms with van der Waals surface area (Å²) >= 11 is 0. The lowest BCUT2D eigenvalue weighted by atomic mass is 10.1. The van der Waals surface area contributed by atoms with Gasteiger partial charge in [0.2, 0.25) is 6.29 Å². The van der Waals surface area contributed by atoms with E-state index in [0.29, 0.717) is 6.61 Å². The van der Waals surface area contributed by atoms with Crippen molar-refractivity contribution in [2.45, 2.75) is 19.6 Å². The number of nitro groups is 1. The fourth-order valence-electron chi connectivity index (χ4n) is 1.85. The summed E-state index contributed by atoms with van der Waals surface area (Å²) in [6, 6.07) is 6.13. The van der Waals surface area contributed by atoms with Crippen molar-refractivity contribution in [3.63, 3.8) is 0 Å². The molecule has 0 aromatic heterocycles. The molecule has 0 saturated heterocycles. The number of ketones is 1. The Morgan fingerprint density at radius 3 is 2.89 bits per heavy atom. The summed E-state index contributed by atoms with van der Waals surface area (Å²) in [4.78, 5) is 22.1. The Labute approximate surface area is 109 Å². The van der Waals surface area contributed by atoms with Gasteiger partial charge in [-0.1, -0.05) is 12.1 Å². The van der Waals surface area contributed by atoms with Gasteiger partial charge in [0.25, 0.3) is 5.69 Å². The van der Waals surface area contributed by atoms with Crippen molar-refractivity contribution in [3.05, 3.63) is 46.0 Å². The molecule has 6 nitrogen and oxygen atoms in total. The lowest BCUT2D eigenvalue weighted by molar-refractivity contribution is -0.385. The van der Waals surface area contributed by atoms with Crippen LogP contribution in [-0.4, -0.2) is 23.6 Å². The predicted molar refractivity (Wildman–Crippen MR) is 67.2 cm³/mol. The first-order valence-corrected chi connectivity index (χ1v) is 5.88. The SMILES string of the molecule is CCOC1CC(=O)C=C(c2ccccc2[N+](=O)[O-])O1. The van der Waals surface area contributed by atoms with Crippen molar-refractivity contribution in [2.24, 2.45) is 0 Å². The number of allylic oxidation sites excluding steroid dienone is 1. The van der Waals surface area contributed by atoms with E-state index in [4.69, 9.17) is 9.47 Å². The molecule has 0 N–H and O–H groups in total. The fourth-order valence-corrected chi connectivity index (χ4v) is 1.85. The number of carbonyl (C=O) groups excluding carboxylic acids is 1. The van der Waals surface area contributed by atoms with Crippen LogP contribution in [0.3, 0.4) is 0 Å². The van der Waals surface area contributed by atoms with Crippen molar-refractivity contribution in [2.75, 3.05) is 6.61 Å². The number of hydrogen-bond donors (Lipinski definition) is 0. The zero-order valence-corrected chi connectivity index (χ0v) is 10.4. The minimum atomic E-state index is -0.683. The molecule has 6 heteroatoms. The lowest BCUT2D eigenvalue weighted by Crippen LogP contribution is -2.24. The monoisotopic (exact) mass is 263 g/mol. The first kappa shape index (κ1) is 13.2. The second kappa shape index (κ2) is 5.62. The molecule has 1 aromatic rings. The van der Waals surface area contributed by atoms with E-state index in [1.54, 1.807) is 25.1 Å². The third-order valence-electron chi connectivity index (χ3n) is 2.64. The van der Waals surface area contributed by atoms with Crippen LogP contribution in [0.15, 0.2) is 30.3 Å². The van der Waals surface area contributed by atoms with E-state index in [1.807, 2.05) is 0 Å². The van der Waals surface area contributed by atoms with Crippen molar-refractivity contribution < 1.29 is 19.2 Å². The van der Waals surface area contributed by atoms with E-state index >= 15 is 0 Å². The van der Waals surface area contributed by atoms with E-state index in [0.717, 1.165) is 0 Å². The van der Waals surface area contributed by atoms with Gasteiger partial charge >= 0.3 is 0 Å². The van der Waals surface area contributed by atoms with Crippen LogP contribution in [0.2, 0.25) is 0 Å². The number of carbonyl (C=O) groups is 1. The Kier molecular flexibility index (Phi) is 3.91. The van der Waals surface area contributed by atoms with Crippen LogP contribution in [0.1, 0.15) is 18.9 Å². The molecular weight excluding hydrogens is 250 g/mol. The molecule has 0 amide bonds. The summed E-state index contributed by atoms with van der Waals surface area (Å²) in [5, 5.41) is 11.0. The quantitative estimate of drug-likeness (QED) is 0.615. The Hall–Kier alpha value is -2.21. The molecule has 0 radical (unpaired) electrons. The second-order valence-electron chi connectivity index (χ2n) is 3.96. The van der Waals surface area contributed by atoms with Gasteiger partial charge in [-0.05, 0) is 13.0 Å². The van der Waals surface area contributed by atoms with Gasteiger partial charge in [0, 0.05) is 18.7 Å². The van der Waals surface area contributed by atoms with Crippen molar-refractivity contribution in [1.29, 1.82) is 0 Å². The molecular formula is C13H13NO5. The van der Waals surface area contributed by atoms with Crippen molar-refractivity contribution >= 4 is 17.2 Å². The highest BCUT2D eigenvalue weighted by molar-refractivity contribution is 5.97. The average Bonchev–Trinajstić information content (AvgIpc) is 2.38. The summed E-state index contributed by atoms with van der Waals surface area (Å²) in [5.41, 5.74) is 0.184. The molecule has 19 heavy (non-hydrogen) atoms. The maximum atomic E-state index is 11.6. The van der Waals surface area contributed by atoms with Crippen LogP contribution in [0.5, 0.6) is 0 Å². The third-order valence-corrected chi connectivity index (χ3v) is 2.64. The molecule has 0 bridgehead atoms. The standard InChI is InChI=1S/C13H13NO5/c1-2-18-13-8-9(15)7-12(19-13)10-5-3-4-6-11(10)14(16)17/h3-7,13H,2,8H2,1H3. The van der Waals surface area contributed by atoms with Gasteiger partial charge in [-0.3, -0.25) is 14.9 Å². The first-order chi connectivity index (χ1) is 9.11. The Morgan fingerprint density at radius 2 is 2.21 bits per heavy atom. The minimum absolute atomic E-state index is 0.0984. The van der Waals surface area contributed by atoms with E-state index in [-0.39, 0.29) is 29.2 Å². The van der Waals surface area contributed by atoms with Crippen LogP contribution in [0.4, 0.5) is 5.69 Å². The zero-order chi connectivity index (χ0) is 13.8. The van der Waals surface area contributed by atoms with Crippen LogP contribution in [-0.2, 0) is 14.3 Å². The number of benzene rings is 1. The highest BCUT2D eigenvalue weighted by Crippen LogP contribution is 2.30. The van der Waals surface area contributed by atoms with E-state index in [2.05, 4.69) is 0 Å². The number of para-hydroxylation sites is 1. The predicted octanol–water partition coefficient (Wildman–Crippen LogP) is 2.29. The maximum Gasteiger partial charge on any atom is 0.280 e. The van der Waals surface area contributed by atoms with Crippen molar-refractivity contribution in [1.82, 2.24) is 0 Å². The molecule has 0 spiro atoms. The number of rotatable bonds is 4. The van der Waals surface area contributed by atoms with Gasteiger partial charge in [-0.15, -0.1) is 0 Å². The highest BCUT2D eigenvalue weighted by atomic mass is 16.7. The second-order valence-corrected chi connectivity index (χ2v) is 3.96. The molecule has 1 aliphatic rings. The average molecular weight is 263 g/mol.